The molecule has 1 aliphatic heterocycles. The number of hydrogen-bond acceptors (Lipinski definition) is 3. The predicted octanol–water partition coefficient (Wildman–Crippen LogP) is 0.974. The number of aliphatic hydroxyl groups is 1. The molecule has 0 bridgehead atoms. The van der Waals surface area contributed by atoms with Crippen LogP contribution in [0.1, 0.15) is 39.5 Å². The van der Waals surface area contributed by atoms with Crippen LogP contribution in [0.25, 0.3) is 0 Å². The lowest BCUT2D eigenvalue weighted by Gasteiger charge is -2.31. The molecule has 0 aromatic carbocycles. The van der Waals surface area contributed by atoms with Crippen LogP contribution in [0.15, 0.2) is 0 Å². The van der Waals surface area contributed by atoms with Gasteiger partial charge in [-0.1, -0.05) is 0 Å². The monoisotopic (exact) mass is 212 g/mol. The average Bonchev–Trinajstić information content (AvgIpc) is 2.83. The molecule has 15 heavy (non-hydrogen) atoms. The van der Waals surface area contributed by atoms with Gasteiger partial charge in [0.1, 0.15) is 0 Å². The van der Waals surface area contributed by atoms with E-state index in [1.165, 1.54) is 32.2 Å². The van der Waals surface area contributed by atoms with Crippen LogP contribution in [0.2, 0.25) is 0 Å². The highest BCUT2D eigenvalue weighted by atomic mass is 16.3. The molecular formula is C12H24N2O. The fraction of sp³-hybridized carbons (Fsp3) is 1.00. The average molecular weight is 212 g/mol. The number of rotatable bonds is 5. The van der Waals surface area contributed by atoms with Gasteiger partial charge in [-0.25, -0.2) is 0 Å². The minimum atomic E-state index is -0.554. The van der Waals surface area contributed by atoms with Crippen molar-refractivity contribution in [1.29, 1.82) is 0 Å². The molecule has 2 fully saturated rings. The minimum absolute atomic E-state index is 0.554. The van der Waals surface area contributed by atoms with Gasteiger partial charge in [0.15, 0.2) is 0 Å². The molecule has 1 aliphatic carbocycles. The zero-order valence-electron chi connectivity index (χ0n) is 10.00. The molecule has 0 amide bonds. The highest BCUT2D eigenvalue weighted by Crippen LogP contribution is 2.28. The summed E-state index contributed by atoms with van der Waals surface area (Å²) in [6.07, 6.45) is 5.26. The Labute approximate surface area is 92.8 Å². The second-order valence-electron chi connectivity index (χ2n) is 5.77. The zero-order chi connectivity index (χ0) is 10.9. The maximum Gasteiger partial charge on any atom is 0.0718 e. The van der Waals surface area contributed by atoms with E-state index in [0.29, 0.717) is 6.04 Å². The van der Waals surface area contributed by atoms with Crippen molar-refractivity contribution in [3.63, 3.8) is 0 Å². The van der Waals surface area contributed by atoms with E-state index in [2.05, 4.69) is 10.2 Å². The third-order valence-corrected chi connectivity index (χ3v) is 3.27. The third-order valence-electron chi connectivity index (χ3n) is 3.27. The molecule has 3 heteroatoms. The zero-order valence-corrected chi connectivity index (χ0v) is 10.00. The first-order valence-electron chi connectivity index (χ1n) is 6.24. The van der Waals surface area contributed by atoms with Crippen molar-refractivity contribution < 1.29 is 5.11 Å². The quantitative estimate of drug-likeness (QED) is 0.713. The summed E-state index contributed by atoms with van der Waals surface area (Å²) >= 11 is 0. The fourth-order valence-electron chi connectivity index (χ4n) is 2.48. The van der Waals surface area contributed by atoms with Gasteiger partial charge in [0.2, 0.25) is 0 Å². The van der Waals surface area contributed by atoms with Crippen molar-refractivity contribution in [2.24, 2.45) is 0 Å². The van der Waals surface area contributed by atoms with Crippen LogP contribution in [0.5, 0.6) is 0 Å². The lowest BCUT2D eigenvalue weighted by molar-refractivity contribution is 0.0307. The minimum Gasteiger partial charge on any atom is -0.389 e. The summed E-state index contributed by atoms with van der Waals surface area (Å²) in [5.41, 5.74) is -0.554. The molecule has 1 saturated carbocycles. The van der Waals surface area contributed by atoms with Crippen molar-refractivity contribution in [2.75, 3.05) is 19.6 Å². The standard InChI is InChI=1S/C12H24N2O/c1-12(2,15)9-14(11-5-6-11)8-10-4-3-7-13-10/h10-11,13,15H,3-9H2,1-2H3. The molecule has 1 heterocycles. The predicted molar refractivity (Wildman–Crippen MR) is 61.9 cm³/mol. The van der Waals surface area contributed by atoms with Gasteiger partial charge in [0.25, 0.3) is 0 Å². The van der Waals surface area contributed by atoms with Crippen LogP contribution in [-0.2, 0) is 0 Å². The Balaban J connectivity index is 1.82. The van der Waals surface area contributed by atoms with Gasteiger partial charge >= 0.3 is 0 Å². The van der Waals surface area contributed by atoms with E-state index in [0.717, 1.165) is 19.1 Å². The molecule has 88 valence electrons. The number of nitrogens with one attached hydrogen (secondary N) is 1. The van der Waals surface area contributed by atoms with Crippen molar-refractivity contribution in [2.45, 2.75) is 57.2 Å². The molecule has 2 N–H and O–H groups in total. The lowest BCUT2D eigenvalue weighted by atomic mass is 10.1. The van der Waals surface area contributed by atoms with E-state index in [-0.39, 0.29) is 0 Å². The van der Waals surface area contributed by atoms with Crippen LogP contribution in [-0.4, -0.2) is 47.3 Å². The van der Waals surface area contributed by atoms with Crippen LogP contribution >= 0.6 is 0 Å². The van der Waals surface area contributed by atoms with E-state index in [1.54, 1.807) is 0 Å². The summed E-state index contributed by atoms with van der Waals surface area (Å²) in [7, 11) is 0. The first-order chi connectivity index (χ1) is 7.04. The van der Waals surface area contributed by atoms with Crippen LogP contribution in [0.3, 0.4) is 0 Å². The lowest BCUT2D eigenvalue weighted by Crippen LogP contribution is -2.45. The summed E-state index contributed by atoms with van der Waals surface area (Å²) in [4.78, 5) is 2.48. The first-order valence-corrected chi connectivity index (χ1v) is 6.24. The first kappa shape index (κ1) is 11.4. The topological polar surface area (TPSA) is 35.5 Å². The van der Waals surface area contributed by atoms with Gasteiger partial charge in [-0.3, -0.25) is 4.90 Å². The van der Waals surface area contributed by atoms with E-state index in [1.807, 2.05) is 13.8 Å². The summed E-state index contributed by atoms with van der Waals surface area (Å²) < 4.78 is 0. The normalized spacial score (nSPS) is 27.6. The largest absolute Gasteiger partial charge is 0.389 e. The van der Waals surface area contributed by atoms with Crippen LogP contribution in [0, 0.1) is 0 Å². The van der Waals surface area contributed by atoms with Crippen LogP contribution in [0.4, 0.5) is 0 Å². The van der Waals surface area contributed by atoms with Gasteiger partial charge in [0, 0.05) is 25.2 Å². The molecule has 0 aromatic rings. The molecule has 1 unspecified atom stereocenters. The fourth-order valence-corrected chi connectivity index (χ4v) is 2.48. The maximum atomic E-state index is 9.88. The molecule has 2 aliphatic rings. The van der Waals surface area contributed by atoms with Gasteiger partial charge in [-0.05, 0) is 46.1 Å². The van der Waals surface area contributed by atoms with Crippen molar-refractivity contribution in [3.05, 3.63) is 0 Å². The van der Waals surface area contributed by atoms with E-state index < -0.39 is 5.60 Å². The van der Waals surface area contributed by atoms with E-state index in [4.69, 9.17) is 0 Å². The molecule has 0 radical (unpaired) electrons. The maximum absolute atomic E-state index is 9.88. The van der Waals surface area contributed by atoms with Crippen molar-refractivity contribution >= 4 is 0 Å². The molecule has 3 nitrogen and oxygen atoms in total. The number of nitrogens with zero attached hydrogens (tertiary/aromatic N) is 1. The molecule has 0 aromatic heterocycles. The van der Waals surface area contributed by atoms with Gasteiger partial charge in [-0.2, -0.15) is 0 Å². The van der Waals surface area contributed by atoms with Crippen molar-refractivity contribution in [1.82, 2.24) is 10.2 Å². The Morgan fingerprint density at radius 2 is 2.07 bits per heavy atom. The molecular weight excluding hydrogens is 188 g/mol. The van der Waals surface area contributed by atoms with Crippen molar-refractivity contribution in [3.8, 4) is 0 Å². The smallest absolute Gasteiger partial charge is 0.0718 e. The summed E-state index contributed by atoms with van der Waals surface area (Å²) in [6, 6.07) is 1.41. The number of hydrogen-bond donors (Lipinski definition) is 2. The highest BCUT2D eigenvalue weighted by Gasteiger charge is 2.33. The second kappa shape index (κ2) is 4.40. The second-order valence-corrected chi connectivity index (χ2v) is 5.77. The van der Waals surface area contributed by atoms with Gasteiger partial charge in [0.05, 0.1) is 5.60 Å². The van der Waals surface area contributed by atoms with Gasteiger partial charge < -0.3 is 10.4 Å². The Kier molecular flexibility index (Phi) is 3.33. The third kappa shape index (κ3) is 3.74. The Bertz CT molecular complexity index is 202. The summed E-state index contributed by atoms with van der Waals surface area (Å²) in [6.45, 7) is 6.92. The Morgan fingerprint density at radius 1 is 1.33 bits per heavy atom. The summed E-state index contributed by atoms with van der Waals surface area (Å²) in [5.74, 6) is 0. The van der Waals surface area contributed by atoms with Gasteiger partial charge in [-0.15, -0.1) is 0 Å². The molecule has 0 spiro atoms. The Hall–Kier alpha value is -0.120. The van der Waals surface area contributed by atoms with E-state index >= 15 is 0 Å². The molecule has 2 rings (SSSR count). The SMILES string of the molecule is CC(C)(O)CN(CC1CCCN1)C1CC1. The summed E-state index contributed by atoms with van der Waals surface area (Å²) in [5, 5.41) is 13.4. The van der Waals surface area contributed by atoms with Crippen LogP contribution < -0.4 is 5.32 Å². The molecule has 1 atom stereocenters. The Morgan fingerprint density at radius 3 is 2.53 bits per heavy atom. The molecule has 1 saturated heterocycles. The highest BCUT2D eigenvalue weighted by molar-refractivity contribution is 4.90. The van der Waals surface area contributed by atoms with E-state index in [9.17, 15) is 5.11 Å².